The largest absolute Gasteiger partial charge is 0.367 e. The Labute approximate surface area is 99.7 Å². The molecule has 90 valence electrons. The van der Waals surface area contributed by atoms with Gasteiger partial charge in [0.2, 0.25) is 0 Å². The Morgan fingerprint density at radius 2 is 2.35 bits per heavy atom. The number of nitrogens with zero attached hydrogens (tertiary/aromatic N) is 2. The summed E-state index contributed by atoms with van der Waals surface area (Å²) in [5.41, 5.74) is 0.706. The first-order valence-electron chi connectivity index (χ1n) is 5.69. The van der Waals surface area contributed by atoms with E-state index in [0.717, 1.165) is 19.3 Å². The molecule has 0 saturated heterocycles. The fourth-order valence-corrected chi connectivity index (χ4v) is 1.95. The van der Waals surface area contributed by atoms with Crippen molar-refractivity contribution in [2.24, 2.45) is 0 Å². The SMILES string of the molecule is Cc1cc(NC2CC=CCC2)ncc1[N+](=O)[O-]. The van der Waals surface area contributed by atoms with Crippen LogP contribution in [0.4, 0.5) is 11.5 Å². The summed E-state index contributed by atoms with van der Waals surface area (Å²) >= 11 is 0. The summed E-state index contributed by atoms with van der Waals surface area (Å²) in [5, 5.41) is 14.0. The van der Waals surface area contributed by atoms with Crippen molar-refractivity contribution in [3.8, 4) is 0 Å². The molecule has 0 amide bonds. The van der Waals surface area contributed by atoms with Crippen LogP contribution in [0, 0.1) is 17.0 Å². The lowest BCUT2D eigenvalue weighted by atomic mass is 10.0. The lowest BCUT2D eigenvalue weighted by Crippen LogP contribution is -2.20. The molecule has 1 atom stereocenters. The monoisotopic (exact) mass is 233 g/mol. The van der Waals surface area contributed by atoms with Gasteiger partial charge in [-0.05, 0) is 32.3 Å². The lowest BCUT2D eigenvalue weighted by Gasteiger charge is -2.19. The van der Waals surface area contributed by atoms with E-state index in [1.807, 2.05) is 0 Å². The van der Waals surface area contributed by atoms with Gasteiger partial charge >= 0.3 is 0 Å². The molecule has 0 bridgehead atoms. The normalized spacial score (nSPS) is 19.0. The van der Waals surface area contributed by atoms with Crippen LogP contribution in [0.5, 0.6) is 0 Å². The van der Waals surface area contributed by atoms with Crippen LogP contribution in [0.15, 0.2) is 24.4 Å². The van der Waals surface area contributed by atoms with Gasteiger partial charge in [0.15, 0.2) is 0 Å². The van der Waals surface area contributed by atoms with Crippen molar-refractivity contribution >= 4 is 11.5 Å². The fraction of sp³-hybridized carbons (Fsp3) is 0.417. The Morgan fingerprint density at radius 3 is 2.94 bits per heavy atom. The Morgan fingerprint density at radius 1 is 1.53 bits per heavy atom. The summed E-state index contributed by atoms with van der Waals surface area (Å²) in [5.74, 6) is 0.716. The molecule has 1 aliphatic carbocycles. The quantitative estimate of drug-likeness (QED) is 0.495. The minimum Gasteiger partial charge on any atom is -0.367 e. The van der Waals surface area contributed by atoms with Gasteiger partial charge in [0, 0.05) is 11.6 Å². The van der Waals surface area contributed by atoms with Gasteiger partial charge in [-0.15, -0.1) is 0 Å². The average Bonchev–Trinajstić information content (AvgIpc) is 2.30. The van der Waals surface area contributed by atoms with Crippen LogP contribution in [0.25, 0.3) is 0 Å². The van der Waals surface area contributed by atoms with Crippen molar-refractivity contribution < 1.29 is 4.92 Å². The highest BCUT2D eigenvalue weighted by atomic mass is 16.6. The summed E-state index contributed by atoms with van der Waals surface area (Å²) in [6.07, 6.45) is 8.78. The zero-order chi connectivity index (χ0) is 12.3. The number of anilines is 1. The molecule has 1 aromatic rings. The second-order valence-electron chi connectivity index (χ2n) is 4.24. The number of aryl methyl sites for hydroxylation is 1. The van der Waals surface area contributed by atoms with E-state index in [1.54, 1.807) is 13.0 Å². The van der Waals surface area contributed by atoms with Crippen molar-refractivity contribution in [1.29, 1.82) is 0 Å². The third-order valence-corrected chi connectivity index (χ3v) is 2.90. The van der Waals surface area contributed by atoms with Gasteiger partial charge in [0.25, 0.3) is 5.69 Å². The van der Waals surface area contributed by atoms with Crippen LogP contribution in [0.2, 0.25) is 0 Å². The van der Waals surface area contributed by atoms with Crippen molar-refractivity contribution in [1.82, 2.24) is 4.98 Å². The van der Waals surface area contributed by atoms with Gasteiger partial charge in [-0.25, -0.2) is 4.98 Å². The molecule has 5 heteroatoms. The van der Waals surface area contributed by atoms with E-state index in [9.17, 15) is 10.1 Å². The highest BCUT2D eigenvalue weighted by Crippen LogP contribution is 2.21. The summed E-state index contributed by atoms with van der Waals surface area (Å²) in [4.78, 5) is 14.3. The fourth-order valence-electron chi connectivity index (χ4n) is 1.95. The molecule has 5 nitrogen and oxygen atoms in total. The Kier molecular flexibility index (Phi) is 3.37. The van der Waals surface area contributed by atoms with E-state index >= 15 is 0 Å². The first-order chi connectivity index (χ1) is 8.16. The number of rotatable bonds is 3. The molecule has 1 aliphatic rings. The first-order valence-corrected chi connectivity index (χ1v) is 5.69. The predicted molar refractivity (Wildman–Crippen MR) is 66.0 cm³/mol. The molecule has 1 N–H and O–H groups in total. The smallest absolute Gasteiger partial charge is 0.290 e. The summed E-state index contributed by atoms with van der Waals surface area (Å²) in [6, 6.07) is 2.12. The van der Waals surface area contributed by atoms with Crippen molar-refractivity contribution in [3.05, 3.63) is 40.1 Å². The maximum Gasteiger partial charge on any atom is 0.290 e. The second-order valence-corrected chi connectivity index (χ2v) is 4.24. The Hall–Kier alpha value is -1.91. The predicted octanol–water partition coefficient (Wildman–Crippen LogP) is 2.82. The molecule has 1 heterocycles. The van der Waals surface area contributed by atoms with Crippen LogP contribution in [0.3, 0.4) is 0 Å². The van der Waals surface area contributed by atoms with E-state index in [4.69, 9.17) is 0 Å². The molecule has 0 radical (unpaired) electrons. The minimum atomic E-state index is -0.407. The van der Waals surface area contributed by atoms with Crippen LogP contribution in [0.1, 0.15) is 24.8 Å². The third-order valence-electron chi connectivity index (χ3n) is 2.90. The molecule has 1 unspecified atom stereocenters. The van der Waals surface area contributed by atoms with E-state index in [1.165, 1.54) is 6.20 Å². The van der Waals surface area contributed by atoms with Crippen LogP contribution >= 0.6 is 0 Å². The topological polar surface area (TPSA) is 68.1 Å². The molecule has 0 spiro atoms. The number of pyridine rings is 1. The molecular formula is C12H15N3O2. The third kappa shape index (κ3) is 2.81. The Bertz CT molecular complexity index is 457. The number of hydrogen-bond donors (Lipinski definition) is 1. The van der Waals surface area contributed by atoms with E-state index in [0.29, 0.717) is 17.4 Å². The van der Waals surface area contributed by atoms with Crippen LogP contribution < -0.4 is 5.32 Å². The Balaban J connectivity index is 2.09. The van der Waals surface area contributed by atoms with Gasteiger partial charge in [-0.3, -0.25) is 10.1 Å². The highest BCUT2D eigenvalue weighted by Gasteiger charge is 2.14. The molecular weight excluding hydrogens is 218 g/mol. The number of hydrogen-bond acceptors (Lipinski definition) is 4. The number of nitro groups is 1. The minimum absolute atomic E-state index is 0.0686. The molecule has 0 aromatic carbocycles. The average molecular weight is 233 g/mol. The van der Waals surface area contributed by atoms with Crippen LogP contribution in [-0.2, 0) is 0 Å². The van der Waals surface area contributed by atoms with Gasteiger partial charge < -0.3 is 5.32 Å². The maximum atomic E-state index is 10.7. The van der Waals surface area contributed by atoms with Crippen molar-refractivity contribution in [2.75, 3.05) is 5.32 Å². The summed E-state index contributed by atoms with van der Waals surface area (Å²) in [7, 11) is 0. The molecule has 1 aromatic heterocycles. The summed E-state index contributed by atoms with van der Waals surface area (Å²) in [6.45, 7) is 1.73. The van der Waals surface area contributed by atoms with Gasteiger partial charge in [0.1, 0.15) is 12.0 Å². The molecule has 0 saturated carbocycles. The van der Waals surface area contributed by atoms with E-state index in [2.05, 4.69) is 22.5 Å². The highest BCUT2D eigenvalue weighted by molar-refractivity contribution is 5.47. The molecule has 0 aliphatic heterocycles. The number of nitrogens with one attached hydrogen (secondary N) is 1. The van der Waals surface area contributed by atoms with E-state index < -0.39 is 4.92 Å². The van der Waals surface area contributed by atoms with Gasteiger partial charge in [-0.2, -0.15) is 0 Å². The second kappa shape index (κ2) is 4.95. The first kappa shape index (κ1) is 11.6. The molecule has 0 fully saturated rings. The van der Waals surface area contributed by atoms with Gasteiger partial charge in [-0.1, -0.05) is 12.2 Å². The van der Waals surface area contributed by atoms with Crippen LogP contribution in [-0.4, -0.2) is 15.9 Å². The number of aromatic nitrogens is 1. The maximum absolute atomic E-state index is 10.7. The lowest BCUT2D eigenvalue weighted by molar-refractivity contribution is -0.385. The zero-order valence-electron chi connectivity index (χ0n) is 9.72. The number of allylic oxidation sites excluding steroid dienone is 1. The van der Waals surface area contributed by atoms with E-state index in [-0.39, 0.29) is 5.69 Å². The molecule has 17 heavy (non-hydrogen) atoms. The molecule has 2 rings (SSSR count). The van der Waals surface area contributed by atoms with Crippen molar-refractivity contribution in [3.63, 3.8) is 0 Å². The standard InChI is InChI=1S/C12H15N3O2/c1-9-7-12(13-8-11(9)15(16)17)14-10-5-3-2-4-6-10/h2-3,7-8,10H,4-6H2,1H3,(H,13,14). The van der Waals surface area contributed by atoms with Crippen molar-refractivity contribution in [2.45, 2.75) is 32.2 Å². The summed E-state index contributed by atoms with van der Waals surface area (Å²) < 4.78 is 0. The van der Waals surface area contributed by atoms with Gasteiger partial charge in [0.05, 0.1) is 4.92 Å². The zero-order valence-corrected chi connectivity index (χ0v) is 9.72.